The number of carbonyl (C=O) groups excluding carboxylic acids is 1. The van der Waals surface area contributed by atoms with Crippen molar-refractivity contribution in [3.05, 3.63) is 65.7 Å². The van der Waals surface area contributed by atoms with Crippen molar-refractivity contribution in [1.82, 2.24) is 5.32 Å². The molecule has 0 radical (unpaired) electrons. The third-order valence-corrected chi connectivity index (χ3v) is 4.15. The highest BCUT2D eigenvalue weighted by atomic mass is 16.1. The topological polar surface area (TPSA) is 32.3 Å². The fraction of sp³-hybridized carbons (Fsp3) is 0.278. The molecular weight excluding hydrogens is 260 g/mol. The minimum Gasteiger partial charge on any atom is -0.374 e. The first kappa shape index (κ1) is 13.7. The summed E-state index contributed by atoms with van der Waals surface area (Å²) >= 11 is 0. The second-order valence-electron chi connectivity index (χ2n) is 5.54. The Hall–Kier alpha value is -2.29. The molecule has 0 saturated heterocycles. The average Bonchev–Trinajstić information content (AvgIpc) is 2.55. The van der Waals surface area contributed by atoms with Crippen LogP contribution in [0.25, 0.3) is 0 Å². The van der Waals surface area contributed by atoms with Crippen LogP contribution >= 0.6 is 0 Å². The average molecular weight is 280 g/mol. The lowest BCUT2D eigenvalue weighted by molar-refractivity contribution is 0.0950. The van der Waals surface area contributed by atoms with Gasteiger partial charge < -0.3 is 10.2 Å². The van der Waals surface area contributed by atoms with Crippen LogP contribution in [0.15, 0.2) is 54.6 Å². The van der Waals surface area contributed by atoms with Gasteiger partial charge in [-0.3, -0.25) is 4.79 Å². The molecule has 108 valence electrons. The van der Waals surface area contributed by atoms with Crippen molar-refractivity contribution >= 4 is 11.6 Å². The number of nitrogens with zero attached hydrogens (tertiary/aromatic N) is 1. The van der Waals surface area contributed by atoms with E-state index in [4.69, 9.17) is 0 Å². The van der Waals surface area contributed by atoms with Crippen LogP contribution in [0.2, 0.25) is 0 Å². The van der Waals surface area contributed by atoms with Gasteiger partial charge in [-0.1, -0.05) is 36.4 Å². The number of benzene rings is 2. The zero-order valence-electron chi connectivity index (χ0n) is 12.3. The number of amides is 1. The number of carbonyl (C=O) groups is 1. The lowest BCUT2D eigenvalue weighted by Crippen LogP contribution is -2.34. The Morgan fingerprint density at radius 1 is 1.14 bits per heavy atom. The highest BCUT2D eigenvalue weighted by Crippen LogP contribution is 2.33. The van der Waals surface area contributed by atoms with Crippen molar-refractivity contribution in [2.45, 2.75) is 12.3 Å². The number of para-hydroxylation sites is 1. The van der Waals surface area contributed by atoms with Crippen LogP contribution in [0.5, 0.6) is 0 Å². The van der Waals surface area contributed by atoms with Gasteiger partial charge in [0.15, 0.2) is 0 Å². The molecule has 1 unspecified atom stereocenters. The fourth-order valence-corrected chi connectivity index (χ4v) is 2.93. The summed E-state index contributed by atoms with van der Waals surface area (Å²) in [5.74, 6) is 0.400. The molecule has 21 heavy (non-hydrogen) atoms. The number of hydrogen-bond donors (Lipinski definition) is 1. The lowest BCUT2D eigenvalue weighted by Gasteiger charge is -2.33. The minimum absolute atomic E-state index is 0.00649. The summed E-state index contributed by atoms with van der Waals surface area (Å²) in [6.07, 6.45) is 1.07. The largest absolute Gasteiger partial charge is 0.374 e. The molecule has 1 heterocycles. The van der Waals surface area contributed by atoms with E-state index < -0.39 is 0 Å². The summed E-state index contributed by atoms with van der Waals surface area (Å²) in [7, 11) is 2.12. The maximum atomic E-state index is 12.1. The Kier molecular flexibility index (Phi) is 3.91. The van der Waals surface area contributed by atoms with E-state index in [0.717, 1.165) is 18.5 Å². The molecule has 2 aromatic carbocycles. The molecule has 0 bridgehead atoms. The molecule has 3 rings (SSSR count). The lowest BCUT2D eigenvalue weighted by atomic mass is 9.90. The Bertz CT molecular complexity index is 624. The monoisotopic (exact) mass is 280 g/mol. The van der Waals surface area contributed by atoms with Crippen LogP contribution in [-0.2, 0) is 0 Å². The van der Waals surface area contributed by atoms with E-state index in [2.05, 4.69) is 41.5 Å². The number of fused-ring (bicyclic) bond motifs is 1. The molecule has 1 atom stereocenters. The number of rotatable bonds is 3. The van der Waals surface area contributed by atoms with Gasteiger partial charge in [0.2, 0.25) is 0 Å². The maximum Gasteiger partial charge on any atom is 0.251 e. The second-order valence-corrected chi connectivity index (χ2v) is 5.54. The van der Waals surface area contributed by atoms with Crippen molar-refractivity contribution in [3.8, 4) is 0 Å². The van der Waals surface area contributed by atoms with Gasteiger partial charge >= 0.3 is 0 Å². The van der Waals surface area contributed by atoms with Crippen LogP contribution in [0, 0.1) is 0 Å². The normalized spacial score (nSPS) is 17.2. The van der Waals surface area contributed by atoms with Crippen LogP contribution in [0.3, 0.4) is 0 Å². The molecule has 0 spiro atoms. The predicted molar refractivity (Wildman–Crippen MR) is 85.8 cm³/mol. The molecule has 2 aromatic rings. The third-order valence-electron chi connectivity index (χ3n) is 4.15. The van der Waals surface area contributed by atoms with Crippen molar-refractivity contribution < 1.29 is 4.79 Å². The number of nitrogens with one attached hydrogen (secondary N) is 1. The van der Waals surface area contributed by atoms with E-state index in [0.29, 0.717) is 12.5 Å². The van der Waals surface area contributed by atoms with E-state index in [1.165, 1.54) is 11.3 Å². The minimum atomic E-state index is 0.00649. The molecule has 0 aromatic heterocycles. The summed E-state index contributed by atoms with van der Waals surface area (Å²) in [4.78, 5) is 14.4. The van der Waals surface area contributed by atoms with E-state index in [9.17, 15) is 4.79 Å². The van der Waals surface area contributed by atoms with Gasteiger partial charge in [0, 0.05) is 37.3 Å². The van der Waals surface area contributed by atoms with Crippen LogP contribution in [0.4, 0.5) is 5.69 Å². The van der Waals surface area contributed by atoms with Crippen molar-refractivity contribution in [2.24, 2.45) is 0 Å². The first-order chi connectivity index (χ1) is 10.3. The standard InChI is InChI=1S/C18H20N2O/c1-20-12-11-15(16-9-5-6-10-17(16)20)13-19-18(21)14-7-3-2-4-8-14/h2-10,15H,11-13H2,1H3,(H,19,21). The Labute approximate surface area is 125 Å². The first-order valence-corrected chi connectivity index (χ1v) is 7.39. The first-order valence-electron chi connectivity index (χ1n) is 7.39. The molecule has 0 saturated carbocycles. The molecule has 3 nitrogen and oxygen atoms in total. The van der Waals surface area contributed by atoms with Gasteiger partial charge in [-0.15, -0.1) is 0 Å². The van der Waals surface area contributed by atoms with E-state index in [1.54, 1.807) is 0 Å². The van der Waals surface area contributed by atoms with Crippen molar-refractivity contribution in [2.75, 3.05) is 25.0 Å². The van der Waals surface area contributed by atoms with Crippen LogP contribution in [0.1, 0.15) is 28.3 Å². The highest BCUT2D eigenvalue weighted by molar-refractivity contribution is 5.94. The summed E-state index contributed by atoms with van der Waals surface area (Å²) in [5, 5.41) is 3.07. The smallest absolute Gasteiger partial charge is 0.251 e. The zero-order chi connectivity index (χ0) is 14.7. The molecule has 1 aliphatic rings. The van der Waals surface area contributed by atoms with Crippen molar-refractivity contribution in [3.63, 3.8) is 0 Å². The third kappa shape index (κ3) is 2.92. The summed E-state index contributed by atoms with van der Waals surface area (Å²) in [6.45, 7) is 1.72. The van der Waals surface area contributed by atoms with E-state index in [1.807, 2.05) is 30.3 Å². The maximum absolute atomic E-state index is 12.1. The van der Waals surface area contributed by atoms with Gasteiger partial charge in [0.25, 0.3) is 5.91 Å². The van der Waals surface area contributed by atoms with Crippen molar-refractivity contribution in [1.29, 1.82) is 0 Å². The fourth-order valence-electron chi connectivity index (χ4n) is 2.93. The second kappa shape index (κ2) is 6.00. The summed E-state index contributed by atoms with van der Waals surface area (Å²) < 4.78 is 0. The molecule has 1 amide bonds. The molecule has 1 N–H and O–H groups in total. The number of anilines is 1. The van der Waals surface area contributed by atoms with Gasteiger partial charge in [0.1, 0.15) is 0 Å². The predicted octanol–water partition coefficient (Wildman–Crippen LogP) is 3.04. The SMILES string of the molecule is CN1CCC(CNC(=O)c2ccccc2)c2ccccc21. The summed E-state index contributed by atoms with van der Waals surface area (Å²) in [6, 6.07) is 17.9. The Balaban J connectivity index is 1.69. The Morgan fingerprint density at radius 2 is 1.86 bits per heavy atom. The van der Waals surface area contributed by atoms with Gasteiger partial charge in [0.05, 0.1) is 0 Å². The van der Waals surface area contributed by atoms with Crippen LogP contribution in [-0.4, -0.2) is 26.0 Å². The Morgan fingerprint density at radius 3 is 2.67 bits per heavy atom. The van der Waals surface area contributed by atoms with Gasteiger partial charge in [-0.2, -0.15) is 0 Å². The molecule has 0 aliphatic carbocycles. The van der Waals surface area contributed by atoms with Gasteiger partial charge in [-0.25, -0.2) is 0 Å². The highest BCUT2D eigenvalue weighted by Gasteiger charge is 2.23. The van der Waals surface area contributed by atoms with E-state index in [-0.39, 0.29) is 5.91 Å². The van der Waals surface area contributed by atoms with E-state index >= 15 is 0 Å². The number of hydrogen-bond acceptors (Lipinski definition) is 2. The van der Waals surface area contributed by atoms with Gasteiger partial charge in [-0.05, 0) is 30.2 Å². The zero-order valence-corrected chi connectivity index (χ0v) is 12.3. The van der Waals surface area contributed by atoms with Crippen LogP contribution < -0.4 is 10.2 Å². The molecule has 0 fully saturated rings. The molecule has 1 aliphatic heterocycles. The quantitative estimate of drug-likeness (QED) is 0.937. The molecule has 3 heteroatoms. The molecular formula is C18H20N2O. The summed E-state index contributed by atoms with van der Waals surface area (Å²) in [5.41, 5.74) is 3.33.